The van der Waals surface area contributed by atoms with Crippen LogP contribution in [-0.2, 0) is 0 Å². The first-order valence-electron chi connectivity index (χ1n) is 6.05. The molecule has 1 heterocycles. The molecule has 96 valence electrons. The molecule has 3 aromatic rings. The van der Waals surface area contributed by atoms with E-state index in [-0.39, 0.29) is 5.69 Å². The van der Waals surface area contributed by atoms with Crippen LogP contribution in [0.1, 0.15) is 5.56 Å². The summed E-state index contributed by atoms with van der Waals surface area (Å²) in [7, 11) is 1.59. The quantitative estimate of drug-likeness (QED) is 0.764. The van der Waals surface area contributed by atoms with E-state index in [2.05, 4.69) is 4.98 Å². The number of benzene rings is 2. The summed E-state index contributed by atoms with van der Waals surface area (Å²) in [6, 6.07) is 13.5. The van der Waals surface area contributed by atoms with E-state index >= 15 is 0 Å². The first-order valence-corrected chi connectivity index (χ1v) is 6.05. The van der Waals surface area contributed by atoms with E-state index in [1.54, 1.807) is 11.7 Å². The standard InChI is InChI=1S/C15H14N2O2/c1-10-5-3-6-11(9-10)17-12-7-4-8-13(19-2)14(12)16-15(17)18/h3-9H,1-2H3,(H,16,18). The lowest BCUT2D eigenvalue weighted by Gasteiger charge is -2.05. The molecule has 19 heavy (non-hydrogen) atoms. The van der Waals surface area contributed by atoms with Gasteiger partial charge in [0, 0.05) is 0 Å². The number of para-hydroxylation sites is 1. The Hall–Kier alpha value is -2.49. The maximum Gasteiger partial charge on any atom is 0.331 e. The minimum absolute atomic E-state index is 0.162. The van der Waals surface area contributed by atoms with Crippen molar-refractivity contribution in [3.8, 4) is 11.4 Å². The molecule has 4 heteroatoms. The van der Waals surface area contributed by atoms with Crippen molar-refractivity contribution in [3.63, 3.8) is 0 Å². The minimum atomic E-state index is -0.162. The number of H-pyrrole nitrogens is 1. The molecule has 0 fully saturated rings. The summed E-state index contributed by atoms with van der Waals surface area (Å²) in [5.74, 6) is 0.668. The number of aromatic nitrogens is 2. The van der Waals surface area contributed by atoms with Crippen molar-refractivity contribution in [2.45, 2.75) is 6.92 Å². The van der Waals surface area contributed by atoms with Crippen molar-refractivity contribution < 1.29 is 4.74 Å². The maximum atomic E-state index is 12.2. The van der Waals surface area contributed by atoms with E-state index in [1.165, 1.54) is 0 Å². The summed E-state index contributed by atoms with van der Waals surface area (Å²) in [4.78, 5) is 15.0. The number of nitrogens with zero attached hydrogens (tertiary/aromatic N) is 1. The molecule has 4 nitrogen and oxygen atoms in total. The van der Waals surface area contributed by atoms with Gasteiger partial charge in [-0.1, -0.05) is 18.2 Å². The van der Waals surface area contributed by atoms with Crippen molar-refractivity contribution in [1.82, 2.24) is 9.55 Å². The fourth-order valence-electron chi connectivity index (χ4n) is 2.30. The van der Waals surface area contributed by atoms with E-state index < -0.39 is 0 Å². The normalized spacial score (nSPS) is 10.8. The Morgan fingerprint density at radius 2 is 1.95 bits per heavy atom. The Labute approximate surface area is 110 Å². The fourth-order valence-corrected chi connectivity index (χ4v) is 2.30. The van der Waals surface area contributed by atoms with Gasteiger partial charge in [0.25, 0.3) is 0 Å². The molecule has 1 aromatic heterocycles. The van der Waals surface area contributed by atoms with Gasteiger partial charge in [-0.2, -0.15) is 0 Å². The average molecular weight is 254 g/mol. The monoisotopic (exact) mass is 254 g/mol. The fraction of sp³-hybridized carbons (Fsp3) is 0.133. The summed E-state index contributed by atoms with van der Waals surface area (Å²) in [6.07, 6.45) is 0. The molecule has 3 rings (SSSR count). The number of fused-ring (bicyclic) bond motifs is 1. The number of aromatic amines is 1. The van der Waals surface area contributed by atoms with Gasteiger partial charge in [0.2, 0.25) is 0 Å². The molecule has 0 atom stereocenters. The third-order valence-corrected chi connectivity index (χ3v) is 3.16. The third kappa shape index (κ3) is 1.81. The zero-order chi connectivity index (χ0) is 13.4. The van der Waals surface area contributed by atoms with Crippen molar-refractivity contribution in [1.29, 1.82) is 0 Å². The molecule has 0 saturated carbocycles. The van der Waals surface area contributed by atoms with Crippen LogP contribution in [0.2, 0.25) is 0 Å². The number of hydrogen-bond acceptors (Lipinski definition) is 2. The van der Waals surface area contributed by atoms with Gasteiger partial charge in [-0.05, 0) is 36.8 Å². The predicted octanol–water partition coefficient (Wildman–Crippen LogP) is 2.64. The number of aryl methyl sites for hydroxylation is 1. The lowest BCUT2D eigenvalue weighted by molar-refractivity contribution is 0.419. The number of imidazole rings is 1. The van der Waals surface area contributed by atoms with E-state index in [1.807, 2.05) is 49.4 Å². The Balaban J connectivity index is 2.36. The Morgan fingerprint density at radius 1 is 1.16 bits per heavy atom. The van der Waals surface area contributed by atoms with Crippen LogP contribution >= 0.6 is 0 Å². The van der Waals surface area contributed by atoms with Crippen LogP contribution in [0.15, 0.2) is 47.3 Å². The highest BCUT2D eigenvalue weighted by molar-refractivity contribution is 5.83. The third-order valence-electron chi connectivity index (χ3n) is 3.16. The molecular formula is C15H14N2O2. The molecule has 0 aliphatic heterocycles. The molecule has 0 unspecified atom stereocenters. The lowest BCUT2D eigenvalue weighted by Crippen LogP contribution is -2.14. The molecule has 2 aromatic carbocycles. The van der Waals surface area contributed by atoms with Crippen LogP contribution in [-0.4, -0.2) is 16.7 Å². The van der Waals surface area contributed by atoms with Crippen LogP contribution in [0.5, 0.6) is 5.75 Å². The largest absolute Gasteiger partial charge is 0.494 e. The van der Waals surface area contributed by atoms with Crippen LogP contribution in [0.4, 0.5) is 0 Å². The minimum Gasteiger partial charge on any atom is -0.494 e. The molecule has 1 N–H and O–H groups in total. The summed E-state index contributed by atoms with van der Waals surface area (Å²) >= 11 is 0. The number of hydrogen-bond donors (Lipinski definition) is 1. The average Bonchev–Trinajstić information content (AvgIpc) is 2.74. The zero-order valence-corrected chi connectivity index (χ0v) is 10.8. The molecule has 0 amide bonds. The molecule has 0 bridgehead atoms. The molecule has 0 radical (unpaired) electrons. The zero-order valence-electron chi connectivity index (χ0n) is 10.8. The number of nitrogens with one attached hydrogen (secondary N) is 1. The first-order chi connectivity index (χ1) is 9.20. The Bertz CT molecular complexity index is 799. The number of ether oxygens (including phenoxy) is 1. The highest BCUT2D eigenvalue weighted by Crippen LogP contribution is 2.24. The second-order valence-corrected chi connectivity index (χ2v) is 4.46. The molecule has 0 aliphatic rings. The van der Waals surface area contributed by atoms with E-state index in [0.29, 0.717) is 5.75 Å². The second kappa shape index (κ2) is 4.31. The van der Waals surface area contributed by atoms with E-state index in [4.69, 9.17) is 4.74 Å². The summed E-state index contributed by atoms with van der Waals surface area (Å²) in [5.41, 5.74) is 3.34. The highest BCUT2D eigenvalue weighted by Gasteiger charge is 2.11. The van der Waals surface area contributed by atoms with Crippen LogP contribution in [0.25, 0.3) is 16.7 Å². The van der Waals surface area contributed by atoms with Gasteiger partial charge in [-0.25, -0.2) is 4.79 Å². The van der Waals surface area contributed by atoms with Gasteiger partial charge >= 0.3 is 5.69 Å². The van der Waals surface area contributed by atoms with Crippen LogP contribution < -0.4 is 10.4 Å². The van der Waals surface area contributed by atoms with E-state index in [9.17, 15) is 4.79 Å². The Kier molecular flexibility index (Phi) is 2.63. The van der Waals surface area contributed by atoms with Gasteiger partial charge in [-0.15, -0.1) is 0 Å². The van der Waals surface area contributed by atoms with Crippen molar-refractivity contribution in [2.75, 3.05) is 7.11 Å². The van der Waals surface area contributed by atoms with Crippen LogP contribution in [0.3, 0.4) is 0 Å². The van der Waals surface area contributed by atoms with Gasteiger partial charge in [0.05, 0.1) is 18.3 Å². The topological polar surface area (TPSA) is 47.0 Å². The van der Waals surface area contributed by atoms with Crippen LogP contribution in [0, 0.1) is 6.92 Å². The number of rotatable bonds is 2. The predicted molar refractivity (Wildman–Crippen MR) is 75.2 cm³/mol. The Morgan fingerprint density at radius 3 is 2.68 bits per heavy atom. The first kappa shape index (κ1) is 11.6. The van der Waals surface area contributed by atoms with Crippen molar-refractivity contribution >= 4 is 11.0 Å². The molecule has 0 saturated heterocycles. The lowest BCUT2D eigenvalue weighted by atomic mass is 10.2. The SMILES string of the molecule is COc1cccc2c1[nH]c(=O)n2-c1cccc(C)c1. The number of methoxy groups -OCH3 is 1. The second-order valence-electron chi connectivity index (χ2n) is 4.46. The van der Waals surface area contributed by atoms with Gasteiger partial charge in [0.15, 0.2) is 0 Å². The van der Waals surface area contributed by atoms with Crippen molar-refractivity contribution in [2.24, 2.45) is 0 Å². The molecular weight excluding hydrogens is 240 g/mol. The van der Waals surface area contributed by atoms with E-state index in [0.717, 1.165) is 22.3 Å². The summed E-state index contributed by atoms with van der Waals surface area (Å²) < 4.78 is 6.93. The molecule has 0 aliphatic carbocycles. The highest BCUT2D eigenvalue weighted by atomic mass is 16.5. The summed E-state index contributed by atoms with van der Waals surface area (Å²) in [6.45, 7) is 2.00. The smallest absolute Gasteiger partial charge is 0.331 e. The van der Waals surface area contributed by atoms with Crippen molar-refractivity contribution in [3.05, 3.63) is 58.5 Å². The van der Waals surface area contributed by atoms with Gasteiger partial charge in [0.1, 0.15) is 11.3 Å². The maximum absolute atomic E-state index is 12.2. The van der Waals surface area contributed by atoms with Gasteiger partial charge < -0.3 is 9.72 Å². The van der Waals surface area contributed by atoms with Gasteiger partial charge in [-0.3, -0.25) is 4.57 Å². The summed E-state index contributed by atoms with van der Waals surface area (Å²) in [5, 5.41) is 0. The molecule has 0 spiro atoms.